The van der Waals surface area contributed by atoms with Crippen molar-refractivity contribution in [3.8, 4) is 0 Å². The third-order valence-corrected chi connectivity index (χ3v) is 3.83. The van der Waals surface area contributed by atoms with Gasteiger partial charge in [0.15, 0.2) is 0 Å². The number of halogens is 1. The maximum absolute atomic E-state index is 12.7. The molecule has 136 valence electrons. The maximum atomic E-state index is 12.7. The molecule has 1 aromatic carbocycles. The number of aliphatic carboxylic acids is 1. The molecule has 0 aromatic heterocycles. The van der Waals surface area contributed by atoms with Crippen LogP contribution in [-0.4, -0.2) is 40.4 Å². The van der Waals surface area contributed by atoms with Gasteiger partial charge in [0.1, 0.15) is 11.9 Å². The van der Waals surface area contributed by atoms with Gasteiger partial charge < -0.3 is 15.7 Å². The summed E-state index contributed by atoms with van der Waals surface area (Å²) in [4.78, 5) is 34.0. The molecule has 0 radical (unpaired) electrons. The van der Waals surface area contributed by atoms with E-state index in [-0.39, 0.29) is 11.7 Å². The molecule has 1 aromatic rings. The Balaban J connectivity index is 0.000000550. The second-order valence-corrected chi connectivity index (χ2v) is 5.67. The summed E-state index contributed by atoms with van der Waals surface area (Å²) in [5, 5.41) is 9.03. The highest BCUT2D eigenvalue weighted by molar-refractivity contribution is 5.85. The van der Waals surface area contributed by atoms with Crippen LogP contribution in [0.2, 0.25) is 0 Å². The Morgan fingerprint density at radius 2 is 1.92 bits per heavy atom. The van der Waals surface area contributed by atoms with Gasteiger partial charge in [-0.3, -0.25) is 9.59 Å². The Bertz CT molecular complexity index is 616. The number of aryl methyl sites for hydroxylation is 1. The first-order valence-electron chi connectivity index (χ1n) is 8.03. The SMILES string of the molecule is C=CC(N)=O.O=C(O)[C@@H]1CCCN1C(=O)CCCc1ccc(F)cc1. The van der Waals surface area contributed by atoms with Crippen LogP contribution in [0.1, 0.15) is 31.2 Å². The minimum Gasteiger partial charge on any atom is -0.480 e. The third-order valence-electron chi connectivity index (χ3n) is 3.83. The number of carbonyl (C=O) groups is 3. The second kappa shape index (κ2) is 10.2. The Hall–Kier alpha value is -2.70. The van der Waals surface area contributed by atoms with Gasteiger partial charge in [0, 0.05) is 13.0 Å². The van der Waals surface area contributed by atoms with Gasteiger partial charge in [-0.1, -0.05) is 18.7 Å². The minimum absolute atomic E-state index is 0.1000. The molecule has 1 saturated heterocycles. The lowest BCUT2D eigenvalue weighted by Gasteiger charge is -2.21. The highest BCUT2D eigenvalue weighted by Gasteiger charge is 2.33. The van der Waals surface area contributed by atoms with Gasteiger partial charge in [-0.2, -0.15) is 0 Å². The fourth-order valence-corrected chi connectivity index (χ4v) is 2.56. The number of hydrogen-bond acceptors (Lipinski definition) is 3. The van der Waals surface area contributed by atoms with Crippen molar-refractivity contribution in [1.82, 2.24) is 4.90 Å². The highest BCUT2D eigenvalue weighted by atomic mass is 19.1. The lowest BCUT2D eigenvalue weighted by atomic mass is 10.1. The van der Waals surface area contributed by atoms with Crippen molar-refractivity contribution in [3.05, 3.63) is 48.3 Å². The Labute approximate surface area is 146 Å². The van der Waals surface area contributed by atoms with Crippen LogP contribution < -0.4 is 5.73 Å². The Morgan fingerprint density at radius 1 is 1.32 bits per heavy atom. The predicted molar refractivity (Wildman–Crippen MR) is 91.1 cm³/mol. The number of rotatable bonds is 6. The predicted octanol–water partition coefficient (Wildman–Crippen LogP) is 1.88. The zero-order chi connectivity index (χ0) is 18.8. The van der Waals surface area contributed by atoms with E-state index in [1.807, 2.05) is 0 Å². The first-order chi connectivity index (χ1) is 11.8. The van der Waals surface area contributed by atoms with Crippen molar-refractivity contribution < 1.29 is 23.9 Å². The van der Waals surface area contributed by atoms with Crippen molar-refractivity contribution >= 4 is 17.8 Å². The van der Waals surface area contributed by atoms with Gasteiger partial charge in [-0.15, -0.1) is 0 Å². The van der Waals surface area contributed by atoms with Crippen LogP contribution in [0.15, 0.2) is 36.9 Å². The first kappa shape index (κ1) is 20.3. The van der Waals surface area contributed by atoms with Gasteiger partial charge in [0.25, 0.3) is 0 Å². The molecular weight excluding hydrogens is 327 g/mol. The van der Waals surface area contributed by atoms with E-state index in [9.17, 15) is 18.8 Å². The molecule has 0 aliphatic carbocycles. The molecule has 3 N–H and O–H groups in total. The number of benzene rings is 1. The zero-order valence-electron chi connectivity index (χ0n) is 14.0. The summed E-state index contributed by atoms with van der Waals surface area (Å²) in [7, 11) is 0. The van der Waals surface area contributed by atoms with E-state index in [1.54, 1.807) is 12.1 Å². The lowest BCUT2D eigenvalue weighted by Crippen LogP contribution is -2.40. The number of hydrogen-bond donors (Lipinski definition) is 2. The summed E-state index contributed by atoms with van der Waals surface area (Å²) in [5.74, 6) is -1.78. The minimum atomic E-state index is -0.922. The number of nitrogens with zero attached hydrogens (tertiary/aromatic N) is 1. The molecule has 2 amide bonds. The van der Waals surface area contributed by atoms with E-state index in [1.165, 1.54) is 17.0 Å². The third kappa shape index (κ3) is 7.15. The van der Waals surface area contributed by atoms with E-state index in [2.05, 4.69) is 12.3 Å². The van der Waals surface area contributed by atoms with E-state index in [4.69, 9.17) is 5.11 Å². The molecule has 2 rings (SSSR count). The number of carboxylic acid groups (broad SMARTS) is 1. The second-order valence-electron chi connectivity index (χ2n) is 5.67. The smallest absolute Gasteiger partial charge is 0.326 e. The van der Waals surface area contributed by atoms with Crippen LogP contribution in [0.3, 0.4) is 0 Å². The van der Waals surface area contributed by atoms with Crippen LogP contribution >= 0.6 is 0 Å². The van der Waals surface area contributed by atoms with Crippen LogP contribution in [0.25, 0.3) is 0 Å². The largest absolute Gasteiger partial charge is 0.480 e. The standard InChI is InChI=1S/C15H18FNO3.C3H5NO/c16-12-8-6-11(7-9-12)3-1-5-14(18)17-10-2-4-13(17)15(19)20;1-2-3(4)5/h6-9,13H,1-5,10H2,(H,19,20);2H,1H2,(H2,4,5)/t13-;/m0./s1. The van der Waals surface area contributed by atoms with Crippen molar-refractivity contribution in [2.24, 2.45) is 5.73 Å². The van der Waals surface area contributed by atoms with E-state index >= 15 is 0 Å². The molecule has 1 fully saturated rings. The van der Waals surface area contributed by atoms with Crippen molar-refractivity contribution in [1.29, 1.82) is 0 Å². The van der Waals surface area contributed by atoms with Gasteiger partial charge in [0.2, 0.25) is 11.8 Å². The van der Waals surface area contributed by atoms with Gasteiger partial charge in [0.05, 0.1) is 0 Å². The number of likely N-dealkylation sites (tertiary alicyclic amines) is 1. The molecule has 1 atom stereocenters. The molecule has 0 unspecified atom stereocenters. The van der Waals surface area contributed by atoms with E-state index in [0.717, 1.165) is 18.1 Å². The summed E-state index contributed by atoms with van der Waals surface area (Å²) in [6.45, 7) is 3.62. The highest BCUT2D eigenvalue weighted by Crippen LogP contribution is 2.19. The van der Waals surface area contributed by atoms with Crippen LogP contribution in [0, 0.1) is 5.82 Å². The van der Waals surface area contributed by atoms with Gasteiger partial charge >= 0.3 is 5.97 Å². The number of primary amides is 1. The van der Waals surface area contributed by atoms with Gasteiger partial charge in [-0.25, -0.2) is 9.18 Å². The number of carbonyl (C=O) groups excluding carboxylic acids is 2. The Morgan fingerprint density at radius 3 is 2.44 bits per heavy atom. The average Bonchev–Trinajstić information content (AvgIpc) is 3.07. The molecular formula is C18H23FN2O4. The molecule has 1 heterocycles. The molecule has 1 aliphatic heterocycles. The summed E-state index contributed by atoms with van der Waals surface area (Å²) in [5.41, 5.74) is 5.52. The van der Waals surface area contributed by atoms with Crippen LogP contribution in [0.5, 0.6) is 0 Å². The molecule has 0 bridgehead atoms. The zero-order valence-corrected chi connectivity index (χ0v) is 14.0. The molecule has 0 spiro atoms. The summed E-state index contributed by atoms with van der Waals surface area (Å²) in [6, 6.07) is 5.55. The molecule has 1 aliphatic rings. The monoisotopic (exact) mass is 350 g/mol. The fourth-order valence-electron chi connectivity index (χ4n) is 2.56. The van der Waals surface area contributed by atoms with Crippen LogP contribution in [-0.2, 0) is 20.8 Å². The average molecular weight is 350 g/mol. The summed E-state index contributed by atoms with van der Waals surface area (Å²) in [6.07, 6.45) is 4.02. The fraction of sp³-hybridized carbons (Fsp3) is 0.389. The molecule has 7 heteroatoms. The maximum Gasteiger partial charge on any atom is 0.326 e. The van der Waals surface area contributed by atoms with Gasteiger partial charge in [-0.05, 0) is 49.5 Å². The summed E-state index contributed by atoms with van der Waals surface area (Å²) >= 11 is 0. The summed E-state index contributed by atoms with van der Waals surface area (Å²) < 4.78 is 12.7. The normalized spacial score (nSPS) is 15.9. The Kier molecular flexibility index (Phi) is 8.32. The molecule has 25 heavy (non-hydrogen) atoms. The quantitative estimate of drug-likeness (QED) is 0.765. The van der Waals surface area contributed by atoms with E-state index in [0.29, 0.717) is 32.2 Å². The lowest BCUT2D eigenvalue weighted by molar-refractivity contribution is -0.148. The van der Waals surface area contributed by atoms with Crippen molar-refractivity contribution in [2.45, 2.75) is 38.1 Å². The number of carboxylic acids is 1. The number of amides is 2. The van der Waals surface area contributed by atoms with Crippen molar-refractivity contribution in [3.63, 3.8) is 0 Å². The van der Waals surface area contributed by atoms with Crippen LogP contribution in [0.4, 0.5) is 4.39 Å². The first-order valence-corrected chi connectivity index (χ1v) is 8.03. The number of nitrogens with two attached hydrogens (primary N) is 1. The molecule has 6 nitrogen and oxygen atoms in total. The topological polar surface area (TPSA) is 101 Å². The van der Waals surface area contributed by atoms with Crippen molar-refractivity contribution in [2.75, 3.05) is 6.54 Å². The van der Waals surface area contributed by atoms with E-state index < -0.39 is 17.9 Å². The molecule has 0 saturated carbocycles.